The summed E-state index contributed by atoms with van der Waals surface area (Å²) < 4.78 is 0. The fourth-order valence-corrected chi connectivity index (χ4v) is 2.07. The molecule has 0 radical (unpaired) electrons. The molecule has 0 aliphatic heterocycles. The quantitative estimate of drug-likeness (QED) is 0.649. The number of benzene rings is 2. The van der Waals surface area contributed by atoms with Crippen LogP contribution >= 0.6 is 11.6 Å². The van der Waals surface area contributed by atoms with Gasteiger partial charge in [-0.05, 0) is 30.7 Å². The second-order valence-corrected chi connectivity index (χ2v) is 5.36. The highest BCUT2D eigenvalue weighted by atomic mass is 35.5. The highest BCUT2D eigenvalue weighted by Crippen LogP contribution is 2.14. The van der Waals surface area contributed by atoms with Crippen LogP contribution in [0.4, 0.5) is 5.69 Å². The van der Waals surface area contributed by atoms with Gasteiger partial charge in [-0.25, -0.2) is 0 Å². The lowest BCUT2D eigenvalue weighted by atomic mass is 10.2. The molecule has 0 aliphatic rings. The van der Waals surface area contributed by atoms with Gasteiger partial charge in [0.2, 0.25) is 0 Å². The molecule has 0 unspecified atom stereocenters. The van der Waals surface area contributed by atoms with Gasteiger partial charge >= 0.3 is 0 Å². The van der Waals surface area contributed by atoms with Crippen molar-refractivity contribution in [2.75, 3.05) is 5.32 Å². The van der Waals surface area contributed by atoms with E-state index in [9.17, 15) is 4.79 Å². The van der Waals surface area contributed by atoms with Gasteiger partial charge in [-0.15, -0.1) is 0 Å². The van der Waals surface area contributed by atoms with Gasteiger partial charge in [0.05, 0.1) is 0 Å². The summed E-state index contributed by atoms with van der Waals surface area (Å²) in [6.45, 7) is 2.25. The van der Waals surface area contributed by atoms with E-state index in [4.69, 9.17) is 16.9 Å². The van der Waals surface area contributed by atoms with E-state index in [-0.39, 0.29) is 12.1 Å². The van der Waals surface area contributed by atoms with E-state index in [1.54, 1.807) is 6.07 Å². The topological polar surface area (TPSA) is 64.9 Å². The zero-order chi connectivity index (χ0) is 16.7. The summed E-state index contributed by atoms with van der Waals surface area (Å²) in [6.07, 6.45) is 1.40. The Morgan fingerprint density at radius 2 is 1.91 bits per heavy atom. The normalized spacial score (nSPS) is 10.7. The van der Waals surface area contributed by atoms with Crippen LogP contribution in [0.25, 0.3) is 0 Å². The molecular formula is C18H16ClN3O. The Balaban J connectivity index is 1.98. The molecule has 0 fully saturated rings. The number of hydrogen-bond donors (Lipinski definition) is 2. The average molecular weight is 326 g/mol. The van der Waals surface area contributed by atoms with Gasteiger partial charge in [-0.3, -0.25) is 4.79 Å². The molecule has 5 heteroatoms. The van der Waals surface area contributed by atoms with E-state index < -0.39 is 5.91 Å². The number of nitriles is 1. The maximum atomic E-state index is 12.0. The van der Waals surface area contributed by atoms with E-state index in [0.717, 1.165) is 16.8 Å². The van der Waals surface area contributed by atoms with Crippen LogP contribution < -0.4 is 10.6 Å². The maximum absolute atomic E-state index is 12.0. The Hall–Kier alpha value is -2.77. The summed E-state index contributed by atoms with van der Waals surface area (Å²) in [5.74, 6) is -0.452. The highest BCUT2D eigenvalue weighted by molar-refractivity contribution is 6.31. The van der Waals surface area contributed by atoms with Crippen molar-refractivity contribution in [3.05, 3.63) is 76.5 Å². The van der Waals surface area contributed by atoms with Crippen LogP contribution in [-0.4, -0.2) is 5.91 Å². The molecule has 0 spiro atoms. The Kier molecular flexibility index (Phi) is 5.79. The number of halogens is 1. The zero-order valence-corrected chi connectivity index (χ0v) is 13.4. The molecule has 4 nitrogen and oxygen atoms in total. The third-order valence-electron chi connectivity index (χ3n) is 3.20. The van der Waals surface area contributed by atoms with Crippen molar-refractivity contribution < 1.29 is 4.79 Å². The number of carbonyl (C=O) groups excluding carboxylic acids is 1. The molecule has 0 aromatic heterocycles. The van der Waals surface area contributed by atoms with Crippen LogP contribution in [0, 0.1) is 18.3 Å². The van der Waals surface area contributed by atoms with Crippen molar-refractivity contribution >= 4 is 23.2 Å². The Morgan fingerprint density at radius 1 is 1.22 bits per heavy atom. The Morgan fingerprint density at radius 3 is 2.57 bits per heavy atom. The largest absolute Gasteiger partial charge is 0.360 e. The summed E-state index contributed by atoms with van der Waals surface area (Å²) in [7, 11) is 0. The Labute approximate surface area is 140 Å². The maximum Gasteiger partial charge on any atom is 0.263 e. The van der Waals surface area contributed by atoms with Crippen molar-refractivity contribution in [1.82, 2.24) is 5.32 Å². The van der Waals surface area contributed by atoms with Gasteiger partial charge in [0, 0.05) is 23.5 Å². The lowest BCUT2D eigenvalue weighted by Gasteiger charge is -2.07. The molecule has 0 aliphatic carbocycles. The van der Waals surface area contributed by atoms with Crippen molar-refractivity contribution in [3.63, 3.8) is 0 Å². The van der Waals surface area contributed by atoms with Gasteiger partial charge in [-0.2, -0.15) is 5.26 Å². The van der Waals surface area contributed by atoms with Crippen molar-refractivity contribution in [2.24, 2.45) is 0 Å². The zero-order valence-electron chi connectivity index (χ0n) is 12.6. The monoisotopic (exact) mass is 325 g/mol. The number of amides is 1. The average Bonchev–Trinajstić information content (AvgIpc) is 2.56. The standard InChI is InChI=1S/C18H16ClN3O/c1-13-6-8-16(9-7-13)21-12-15(10-20)18(23)22-11-14-4-2-3-5-17(14)19/h2-9,12,21H,11H2,1H3,(H,22,23)/b15-12-. The first-order valence-corrected chi connectivity index (χ1v) is 7.43. The van der Waals surface area contributed by atoms with Gasteiger partial charge in [-0.1, -0.05) is 47.5 Å². The summed E-state index contributed by atoms with van der Waals surface area (Å²) in [4.78, 5) is 12.0. The van der Waals surface area contributed by atoms with Crippen LogP contribution in [0.3, 0.4) is 0 Å². The highest BCUT2D eigenvalue weighted by Gasteiger charge is 2.09. The second kappa shape index (κ2) is 8.02. The molecule has 0 atom stereocenters. The van der Waals surface area contributed by atoms with Crippen LogP contribution in [0.5, 0.6) is 0 Å². The van der Waals surface area contributed by atoms with Gasteiger partial charge in [0.15, 0.2) is 0 Å². The minimum absolute atomic E-state index is 0.00220. The van der Waals surface area contributed by atoms with Gasteiger partial charge in [0.1, 0.15) is 11.6 Å². The number of anilines is 1. The molecule has 23 heavy (non-hydrogen) atoms. The van der Waals surface area contributed by atoms with E-state index in [2.05, 4.69) is 10.6 Å². The lowest BCUT2D eigenvalue weighted by Crippen LogP contribution is -2.24. The first-order valence-electron chi connectivity index (χ1n) is 7.05. The number of nitrogens with one attached hydrogen (secondary N) is 2. The van der Waals surface area contributed by atoms with Crippen molar-refractivity contribution in [3.8, 4) is 6.07 Å². The van der Waals surface area contributed by atoms with E-state index in [0.29, 0.717) is 5.02 Å². The molecule has 0 heterocycles. The minimum atomic E-state index is -0.452. The molecule has 2 N–H and O–H groups in total. The Bertz CT molecular complexity index is 761. The second-order valence-electron chi connectivity index (χ2n) is 4.95. The third-order valence-corrected chi connectivity index (χ3v) is 3.57. The summed E-state index contributed by atoms with van der Waals surface area (Å²) in [6, 6.07) is 16.8. The summed E-state index contributed by atoms with van der Waals surface area (Å²) in [5.41, 5.74) is 2.74. The van der Waals surface area contributed by atoms with Crippen molar-refractivity contribution in [2.45, 2.75) is 13.5 Å². The van der Waals surface area contributed by atoms with E-state index in [1.807, 2.05) is 55.5 Å². The first-order chi connectivity index (χ1) is 11.1. The van der Waals surface area contributed by atoms with Gasteiger partial charge in [0.25, 0.3) is 5.91 Å². The molecule has 1 amide bonds. The molecule has 2 aromatic rings. The number of nitrogens with zero attached hydrogens (tertiary/aromatic N) is 1. The predicted octanol–water partition coefficient (Wildman–Crippen LogP) is 3.78. The smallest absolute Gasteiger partial charge is 0.263 e. The van der Waals surface area contributed by atoms with Crippen LogP contribution in [-0.2, 0) is 11.3 Å². The predicted molar refractivity (Wildman–Crippen MR) is 91.8 cm³/mol. The molecular weight excluding hydrogens is 310 g/mol. The fraction of sp³-hybridized carbons (Fsp3) is 0.111. The van der Waals surface area contributed by atoms with Crippen LogP contribution in [0.2, 0.25) is 5.02 Å². The molecule has 0 saturated carbocycles. The molecule has 2 aromatic carbocycles. The van der Waals surface area contributed by atoms with E-state index >= 15 is 0 Å². The lowest BCUT2D eigenvalue weighted by molar-refractivity contribution is -0.117. The fourth-order valence-electron chi connectivity index (χ4n) is 1.87. The number of rotatable bonds is 5. The van der Waals surface area contributed by atoms with Crippen LogP contribution in [0.1, 0.15) is 11.1 Å². The molecule has 2 rings (SSSR count). The number of carbonyl (C=O) groups is 1. The molecule has 0 bridgehead atoms. The number of hydrogen-bond acceptors (Lipinski definition) is 3. The van der Waals surface area contributed by atoms with Gasteiger partial charge < -0.3 is 10.6 Å². The van der Waals surface area contributed by atoms with Crippen LogP contribution in [0.15, 0.2) is 60.3 Å². The third kappa shape index (κ3) is 4.87. The SMILES string of the molecule is Cc1ccc(N/C=C(/C#N)C(=O)NCc2ccccc2Cl)cc1. The van der Waals surface area contributed by atoms with E-state index in [1.165, 1.54) is 6.20 Å². The first kappa shape index (κ1) is 16.6. The molecule has 116 valence electrons. The number of aryl methyl sites for hydroxylation is 1. The summed E-state index contributed by atoms with van der Waals surface area (Å²) >= 11 is 6.03. The molecule has 0 saturated heterocycles. The summed E-state index contributed by atoms with van der Waals surface area (Å²) in [5, 5.41) is 15.3. The van der Waals surface area contributed by atoms with Crippen molar-refractivity contribution in [1.29, 1.82) is 5.26 Å². The minimum Gasteiger partial charge on any atom is -0.360 e.